The van der Waals surface area contributed by atoms with Gasteiger partial charge in [0, 0.05) is 19.0 Å². The van der Waals surface area contributed by atoms with Gasteiger partial charge in [-0.15, -0.1) is 0 Å². The fourth-order valence-corrected chi connectivity index (χ4v) is 6.42. The van der Waals surface area contributed by atoms with Crippen molar-refractivity contribution in [3.05, 3.63) is 95.1 Å². The normalized spacial score (nSPS) is 22.9. The van der Waals surface area contributed by atoms with Crippen molar-refractivity contribution in [1.82, 2.24) is 9.96 Å². The van der Waals surface area contributed by atoms with E-state index in [1.165, 1.54) is 12.1 Å². The lowest BCUT2D eigenvalue weighted by Gasteiger charge is -2.40. The maximum atomic E-state index is 13.3. The van der Waals surface area contributed by atoms with Crippen LogP contribution in [0.2, 0.25) is 0 Å². The topological polar surface area (TPSA) is 93.2 Å². The summed E-state index contributed by atoms with van der Waals surface area (Å²) >= 11 is 0. The van der Waals surface area contributed by atoms with E-state index >= 15 is 0 Å². The number of fused-ring (bicyclic) bond motifs is 5. The van der Waals surface area contributed by atoms with Gasteiger partial charge in [-0.05, 0) is 53.1 Å². The molecule has 1 saturated carbocycles. The second kappa shape index (κ2) is 8.28. The van der Waals surface area contributed by atoms with Crippen LogP contribution < -0.4 is 0 Å². The maximum Gasteiger partial charge on any atom is 0.409 e. The minimum Gasteiger partial charge on any atom is -0.448 e. The smallest absolute Gasteiger partial charge is 0.409 e. The van der Waals surface area contributed by atoms with Crippen LogP contribution in [0.4, 0.5) is 4.79 Å². The molecule has 0 spiro atoms. The van der Waals surface area contributed by atoms with E-state index in [4.69, 9.17) is 9.57 Å². The summed E-state index contributed by atoms with van der Waals surface area (Å²) in [4.78, 5) is 58.7. The molecule has 4 aliphatic rings. The molecule has 0 radical (unpaired) electrons. The summed E-state index contributed by atoms with van der Waals surface area (Å²) in [6.45, 7) is 0.699. The largest absolute Gasteiger partial charge is 0.448 e. The zero-order valence-corrected chi connectivity index (χ0v) is 20.5. The van der Waals surface area contributed by atoms with Gasteiger partial charge in [-0.2, -0.15) is 0 Å². The van der Waals surface area contributed by atoms with Crippen molar-refractivity contribution in [3.63, 3.8) is 0 Å². The monoisotopic (exact) mass is 508 g/mol. The number of ether oxygens (including phenoxy) is 1. The number of imide groups is 1. The molecule has 1 saturated heterocycles. The Morgan fingerprint density at radius 3 is 1.92 bits per heavy atom. The Morgan fingerprint density at radius 1 is 0.816 bits per heavy atom. The SMILES string of the molecule is O=C(OCC1c2ccccc2-c2ccccc21)N1CC2CCC2(C(=O)ON2C(=O)c3ccccc3C2=O)C1. The number of carbonyl (C=O) groups is 4. The summed E-state index contributed by atoms with van der Waals surface area (Å²) in [6.07, 6.45) is 0.797. The second-order valence-corrected chi connectivity index (χ2v) is 10.4. The first-order chi connectivity index (χ1) is 18.5. The number of hydroxylamine groups is 2. The van der Waals surface area contributed by atoms with Gasteiger partial charge in [0.1, 0.15) is 6.61 Å². The summed E-state index contributed by atoms with van der Waals surface area (Å²) < 4.78 is 5.80. The molecule has 2 aliphatic carbocycles. The Kier molecular flexibility index (Phi) is 4.95. The van der Waals surface area contributed by atoms with Crippen LogP contribution in [0.3, 0.4) is 0 Å². The molecule has 2 heterocycles. The van der Waals surface area contributed by atoms with Crippen LogP contribution in [-0.2, 0) is 14.4 Å². The number of amides is 3. The van der Waals surface area contributed by atoms with Crippen molar-refractivity contribution in [1.29, 1.82) is 0 Å². The second-order valence-electron chi connectivity index (χ2n) is 10.4. The highest BCUT2D eigenvalue weighted by Gasteiger charge is 2.61. The number of carbonyl (C=O) groups excluding carboxylic acids is 4. The highest BCUT2D eigenvalue weighted by molar-refractivity contribution is 6.21. The number of nitrogens with zero attached hydrogens (tertiary/aromatic N) is 2. The summed E-state index contributed by atoms with van der Waals surface area (Å²) in [7, 11) is 0. The predicted molar refractivity (Wildman–Crippen MR) is 135 cm³/mol. The molecule has 2 unspecified atom stereocenters. The highest BCUT2D eigenvalue weighted by atomic mass is 16.7. The fraction of sp³-hybridized carbons (Fsp3) is 0.267. The van der Waals surface area contributed by atoms with Gasteiger partial charge in [0.05, 0.1) is 16.5 Å². The molecule has 0 aromatic heterocycles. The summed E-state index contributed by atoms with van der Waals surface area (Å²) in [6, 6.07) is 22.6. The molecular weight excluding hydrogens is 484 g/mol. The standard InChI is InChI=1S/C30H24N2O6/c33-26-23-11-5-6-12-24(23)27(34)32(26)38-28(35)30-14-13-18(30)15-31(17-30)29(36)37-16-25-21-9-3-1-7-19(21)20-8-2-4-10-22(20)25/h1-12,18,25H,13-17H2. The minimum atomic E-state index is -0.944. The molecule has 8 heteroatoms. The molecule has 0 bridgehead atoms. The Labute approximate surface area is 218 Å². The number of hydrogen-bond acceptors (Lipinski definition) is 6. The van der Waals surface area contributed by atoms with Crippen LogP contribution in [0.5, 0.6) is 0 Å². The number of benzene rings is 3. The van der Waals surface area contributed by atoms with Crippen LogP contribution in [0.25, 0.3) is 11.1 Å². The van der Waals surface area contributed by atoms with Gasteiger partial charge < -0.3 is 14.5 Å². The Balaban J connectivity index is 1.03. The van der Waals surface area contributed by atoms with Crippen LogP contribution in [0, 0.1) is 11.3 Å². The maximum absolute atomic E-state index is 13.3. The van der Waals surface area contributed by atoms with Crippen LogP contribution in [0.1, 0.15) is 50.6 Å². The van der Waals surface area contributed by atoms with E-state index in [2.05, 4.69) is 24.3 Å². The van der Waals surface area contributed by atoms with E-state index in [-0.39, 0.29) is 36.1 Å². The molecule has 7 rings (SSSR count). The van der Waals surface area contributed by atoms with Crippen LogP contribution >= 0.6 is 0 Å². The van der Waals surface area contributed by atoms with Crippen LogP contribution in [-0.4, -0.2) is 53.5 Å². The van der Waals surface area contributed by atoms with E-state index in [1.807, 2.05) is 24.3 Å². The molecule has 190 valence electrons. The van der Waals surface area contributed by atoms with E-state index in [0.29, 0.717) is 18.0 Å². The average Bonchev–Trinajstić information content (AvgIpc) is 3.49. The molecule has 2 atom stereocenters. The first-order valence-corrected chi connectivity index (χ1v) is 12.8. The molecular formula is C30H24N2O6. The van der Waals surface area contributed by atoms with E-state index < -0.39 is 29.3 Å². The van der Waals surface area contributed by atoms with Crippen molar-refractivity contribution >= 4 is 23.9 Å². The lowest BCUT2D eigenvalue weighted by molar-refractivity contribution is -0.189. The van der Waals surface area contributed by atoms with Crippen molar-refractivity contribution < 1.29 is 28.8 Å². The van der Waals surface area contributed by atoms with Gasteiger partial charge in [-0.1, -0.05) is 65.7 Å². The molecule has 38 heavy (non-hydrogen) atoms. The van der Waals surface area contributed by atoms with Gasteiger partial charge in [0.2, 0.25) is 0 Å². The zero-order chi connectivity index (χ0) is 26.0. The lowest BCUT2D eigenvalue weighted by Crippen LogP contribution is -2.50. The van der Waals surface area contributed by atoms with Gasteiger partial charge in [-0.3, -0.25) is 9.59 Å². The Bertz CT molecular complexity index is 1450. The molecule has 8 nitrogen and oxygen atoms in total. The molecule has 0 N–H and O–H groups in total. The fourth-order valence-electron chi connectivity index (χ4n) is 6.42. The highest BCUT2D eigenvalue weighted by Crippen LogP contribution is 2.53. The van der Waals surface area contributed by atoms with Gasteiger partial charge >= 0.3 is 12.1 Å². The van der Waals surface area contributed by atoms with E-state index in [9.17, 15) is 19.2 Å². The first kappa shape index (κ1) is 22.7. The third-order valence-corrected chi connectivity index (χ3v) is 8.57. The quantitative estimate of drug-likeness (QED) is 0.485. The number of hydrogen-bond donors (Lipinski definition) is 0. The molecule has 3 amide bonds. The Hall–Kier alpha value is -4.46. The van der Waals surface area contributed by atoms with E-state index in [0.717, 1.165) is 28.7 Å². The third-order valence-electron chi connectivity index (χ3n) is 8.57. The van der Waals surface area contributed by atoms with Crippen molar-refractivity contribution in [3.8, 4) is 11.1 Å². The summed E-state index contributed by atoms with van der Waals surface area (Å²) in [5.74, 6) is -2.13. The molecule has 2 aliphatic heterocycles. The molecule has 3 aromatic carbocycles. The van der Waals surface area contributed by atoms with Gasteiger partial charge in [0.25, 0.3) is 11.8 Å². The summed E-state index contributed by atoms with van der Waals surface area (Å²) in [5, 5.41) is 0.549. The number of rotatable bonds is 4. The number of likely N-dealkylation sites (tertiary alicyclic amines) is 1. The zero-order valence-electron chi connectivity index (χ0n) is 20.5. The van der Waals surface area contributed by atoms with Gasteiger partial charge in [-0.25, -0.2) is 9.59 Å². The predicted octanol–water partition coefficient (Wildman–Crippen LogP) is 4.40. The first-order valence-electron chi connectivity index (χ1n) is 12.8. The van der Waals surface area contributed by atoms with Gasteiger partial charge in [0.15, 0.2) is 0 Å². The van der Waals surface area contributed by atoms with Crippen LogP contribution in [0.15, 0.2) is 72.8 Å². The van der Waals surface area contributed by atoms with Crippen molar-refractivity contribution in [2.45, 2.75) is 18.8 Å². The average molecular weight is 509 g/mol. The summed E-state index contributed by atoms with van der Waals surface area (Å²) in [5.41, 5.74) is 4.03. The third kappa shape index (κ3) is 3.16. The minimum absolute atomic E-state index is 0.0570. The lowest BCUT2D eigenvalue weighted by atomic mass is 9.62. The Morgan fingerprint density at radius 2 is 1.37 bits per heavy atom. The van der Waals surface area contributed by atoms with Crippen molar-refractivity contribution in [2.24, 2.45) is 11.3 Å². The van der Waals surface area contributed by atoms with E-state index in [1.54, 1.807) is 17.0 Å². The molecule has 2 fully saturated rings. The molecule has 3 aromatic rings. The van der Waals surface area contributed by atoms with Crippen molar-refractivity contribution in [2.75, 3.05) is 19.7 Å².